The lowest BCUT2D eigenvalue weighted by molar-refractivity contribution is -0.109. The third-order valence-electron chi connectivity index (χ3n) is 3.16. The molecule has 0 amide bonds. The van der Waals surface area contributed by atoms with Gasteiger partial charge in [-0.2, -0.15) is 0 Å². The number of carbonyl (C=O) groups is 1. The second-order valence-electron chi connectivity index (χ2n) is 4.20. The first-order chi connectivity index (χ1) is 8.79. The molecule has 0 bridgehead atoms. The van der Waals surface area contributed by atoms with Crippen LogP contribution in [0.15, 0.2) is 45.5 Å². The number of rotatable bonds is 2. The molecule has 1 unspecified atom stereocenters. The summed E-state index contributed by atoms with van der Waals surface area (Å²) in [5.74, 6) is 0.783. The topological polar surface area (TPSA) is 51.0 Å². The van der Waals surface area contributed by atoms with Crippen LogP contribution in [-0.4, -0.2) is 25.3 Å². The molecule has 0 radical (unpaired) electrons. The molecule has 90 valence electrons. The number of aliphatic imine (C=N–C) groups is 2. The van der Waals surface area contributed by atoms with Crippen molar-refractivity contribution in [1.82, 2.24) is 0 Å². The number of hydrogen-bond acceptors (Lipinski definition) is 4. The molecule has 0 aromatic heterocycles. The highest BCUT2D eigenvalue weighted by atomic mass is 16.5. The molecular formula is C14H12N2O2. The maximum atomic E-state index is 11.6. The van der Waals surface area contributed by atoms with Crippen LogP contribution in [0.25, 0.3) is 0 Å². The van der Waals surface area contributed by atoms with Gasteiger partial charge in [-0.15, -0.1) is 0 Å². The van der Waals surface area contributed by atoms with E-state index in [0.29, 0.717) is 6.42 Å². The minimum Gasteiger partial charge on any atom is -0.497 e. The Balaban J connectivity index is 1.98. The Morgan fingerprint density at radius 3 is 2.78 bits per heavy atom. The van der Waals surface area contributed by atoms with Crippen molar-refractivity contribution >= 4 is 18.2 Å². The van der Waals surface area contributed by atoms with E-state index in [-0.39, 0.29) is 11.8 Å². The van der Waals surface area contributed by atoms with Crippen LogP contribution in [0.2, 0.25) is 0 Å². The summed E-state index contributed by atoms with van der Waals surface area (Å²) in [4.78, 5) is 20.2. The summed E-state index contributed by atoms with van der Waals surface area (Å²) in [6, 6.07) is 7.52. The molecule has 0 aliphatic carbocycles. The summed E-state index contributed by atoms with van der Waals surface area (Å²) in [5, 5.41) is 0. The second kappa shape index (κ2) is 4.22. The zero-order valence-corrected chi connectivity index (χ0v) is 9.96. The molecule has 0 fully saturated rings. The number of carbonyl (C=O) groups excluding carboxylic acids is 1. The number of Topliss-reactive ketones (excluding diaryl/α,β-unsaturated/α-hetero) is 1. The van der Waals surface area contributed by atoms with Crippen molar-refractivity contribution < 1.29 is 9.53 Å². The third-order valence-corrected chi connectivity index (χ3v) is 3.16. The SMILES string of the molecule is COc1ccc(C2N=CC(=O)C3=C2N=CC3)cc1. The average molecular weight is 240 g/mol. The number of ketones is 1. The maximum Gasteiger partial charge on any atom is 0.201 e. The first-order valence-electron chi connectivity index (χ1n) is 5.76. The van der Waals surface area contributed by atoms with Gasteiger partial charge in [-0.3, -0.25) is 14.8 Å². The summed E-state index contributed by atoms with van der Waals surface area (Å²) < 4.78 is 5.13. The highest BCUT2D eigenvalue weighted by Gasteiger charge is 2.28. The minimum absolute atomic E-state index is 0.0211. The van der Waals surface area contributed by atoms with Gasteiger partial charge in [0, 0.05) is 18.2 Å². The van der Waals surface area contributed by atoms with Crippen LogP contribution >= 0.6 is 0 Å². The lowest BCUT2D eigenvalue weighted by atomic mass is 9.96. The lowest BCUT2D eigenvalue weighted by Gasteiger charge is -2.17. The molecule has 2 aliphatic heterocycles. The number of ether oxygens (including phenoxy) is 1. The second-order valence-corrected chi connectivity index (χ2v) is 4.20. The van der Waals surface area contributed by atoms with Crippen molar-refractivity contribution in [2.24, 2.45) is 9.98 Å². The van der Waals surface area contributed by atoms with E-state index in [9.17, 15) is 4.79 Å². The van der Waals surface area contributed by atoms with E-state index < -0.39 is 0 Å². The van der Waals surface area contributed by atoms with Gasteiger partial charge < -0.3 is 4.74 Å². The van der Waals surface area contributed by atoms with Gasteiger partial charge in [-0.1, -0.05) is 12.1 Å². The zero-order valence-electron chi connectivity index (χ0n) is 9.96. The van der Waals surface area contributed by atoms with Crippen LogP contribution in [0.1, 0.15) is 18.0 Å². The Morgan fingerprint density at radius 1 is 1.28 bits per heavy atom. The fourth-order valence-corrected chi connectivity index (χ4v) is 2.20. The Kier molecular flexibility index (Phi) is 2.55. The van der Waals surface area contributed by atoms with Crippen LogP contribution < -0.4 is 4.74 Å². The highest BCUT2D eigenvalue weighted by Crippen LogP contribution is 2.35. The van der Waals surface area contributed by atoms with Gasteiger partial charge in [0.15, 0.2) is 0 Å². The van der Waals surface area contributed by atoms with E-state index in [4.69, 9.17) is 4.74 Å². The molecule has 0 saturated carbocycles. The van der Waals surface area contributed by atoms with Crippen molar-refractivity contribution in [3.63, 3.8) is 0 Å². The predicted molar refractivity (Wildman–Crippen MR) is 69.4 cm³/mol. The third kappa shape index (κ3) is 1.66. The molecule has 4 heteroatoms. The van der Waals surface area contributed by atoms with Crippen LogP contribution in [0, 0.1) is 0 Å². The Morgan fingerprint density at radius 2 is 2.06 bits per heavy atom. The molecule has 2 aliphatic rings. The van der Waals surface area contributed by atoms with Crippen LogP contribution in [0.4, 0.5) is 0 Å². The van der Waals surface area contributed by atoms with Gasteiger partial charge in [-0.25, -0.2) is 0 Å². The molecule has 1 aromatic rings. The van der Waals surface area contributed by atoms with E-state index in [2.05, 4.69) is 9.98 Å². The fourth-order valence-electron chi connectivity index (χ4n) is 2.20. The molecule has 2 heterocycles. The van der Waals surface area contributed by atoms with Gasteiger partial charge in [0.05, 0.1) is 19.0 Å². The predicted octanol–water partition coefficient (Wildman–Crippen LogP) is 2.12. The molecule has 0 spiro atoms. The molecule has 0 N–H and O–H groups in total. The first-order valence-corrected chi connectivity index (χ1v) is 5.76. The standard InChI is InChI=1S/C14H12N2O2/c1-18-10-4-2-9(3-5-10)13-14-11(6-7-15-14)12(17)8-16-13/h2-5,7-8,13H,6H2,1H3. The number of benzene rings is 1. The van der Waals surface area contributed by atoms with Crippen LogP contribution in [0.5, 0.6) is 5.75 Å². The van der Waals surface area contributed by atoms with Crippen LogP contribution in [-0.2, 0) is 4.79 Å². The van der Waals surface area contributed by atoms with Crippen molar-refractivity contribution in [1.29, 1.82) is 0 Å². The summed E-state index contributed by atoms with van der Waals surface area (Å²) in [6.07, 6.45) is 3.79. The molecular weight excluding hydrogens is 228 g/mol. The molecule has 1 atom stereocenters. The summed E-state index contributed by atoms with van der Waals surface area (Å²) in [5.41, 5.74) is 2.57. The van der Waals surface area contributed by atoms with E-state index >= 15 is 0 Å². The zero-order chi connectivity index (χ0) is 12.5. The lowest BCUT2D eigenvalue weighted by Crippen LogP contribution is -2.14. The maximum absolute atomic E-state index is 11.6. The smallest absolute Gasteiger partial charge is 0.201 e. The van der Waals surface area contributed by atoms with Crippen LogP contribution in [0.3, 0.4) is 0 Å². The number of methoxy groups -OCH3 is 1. The number of nitrogens with zero attached hydrogens (tertiary/aromatic N) is 2. The summed E-state index contributed by atoms with van der Waals surface area (Å²) in [6.45, 7) is 0. The van der Waals surface area contributed by atoms with E-state index in [1.54, 1.807) is 13.3 Å². The number of dihydropyridines is 1. The number of allylic oxidation sites excluding steroid dienone is 1. The van der Waals surface area contributed by atoms with Crippen molar-refractivity contribution in [3.8, 4) is 5.75 Å². The Hall–Kier alpha value is -2.23. The van der Waals surface area contributed by atoms with Crippen molar-refractivity contribution in [2.45, 2.75) is 12.5 Å². The van der Waals surface area contributed by atoms with Gasteiger partial charge in [-0.05, 0) is 17.7 Å². The quantitative estimate of drug-likeness (QED) is 0.795. The first kappa shape index (κ1) is 10.9. The monoisotopic (exact) mass is 240 g/mol. The van der Waals surface area contributed by atoms with E-state index in [0.717, 1.165) is 22.6 Å². The summed E-state index contributed by atoms with van der Waals surface area (Å²) in [7, 11) is 1.63. The largest absolute Gasteiger partial charge is 0.497 e. The molecule has 4 nitrogen and oxygen atoms in total. The van der Waals surface area contributed by atoms with Crippen molar-refractivity contribution in [3.05, 3.63) is 41.1 Å². The van der Waals surface area contributed by atoms with Crippen molar-refractivity contribution in [2.75, 3.05) is 7.11 Å². The summed E-state index contributed by atoms with van der Waals surface area (Å²) >= 11 is 0. The Labute approximate surface area is 105 Å². The molecule has 18 heavy (non-hydrogen) atoms. The average Bonchev–Trinajstić information content (AvgIpc) is 2.90. The fraction of sp³-hybridized carbons (Fsp3) is 0.214. The van der Waals surface area contributed by atoms with Gasteiger partial charge in [0.25, 0.3) is 0 Å². The number of hydrogen-bond donors (Lipinski definition) is 0. The molecule has 1 aromatic carbocycles. The Bertz CT molecular complexity index is 582. The van der Waals surface area contributed by atoms with Gasteiger partial charge >= 0.3 is 0 Å². The van der Waals surface area contributed by atoms with E-state index in [1.807, 2.05) is 24.3 Å². The minimum atomic E-state index is -0.164. The highest BCUT2D eigenvalue weighted by molar-refractivity contribution is 6.37. The van der Waals surface area contributed by atoms with Gasteiger partial charge in [0.1, 0.15) is 11.8 Å². The van der Waals surface area contributed by atoms with E-state index in [1.165, 1.54) is 6.21 Å². The molecule has 0 saturated heterocycles. The van der Waals surface area contributed by atoms with Gasteiger partial charge in [0.2, 0.25) is 5.78 Å². The molecule has 3 rings (SSSR count). The normalized spacial score (nSPS) is 21.4.